The van der Waals surface area contributed by atoms with Crippen LogP contribution in [0.4, 0.5) is 0 Å². The molecule has 0 bridgehead atoms. The fourth-order valence-corrected chi connectivity index (χ4v) is 1.68. The maximum atomic E-state index is 11.7. The summed E-state index contributed by atoms with van der Waals surface area (Å²) in [7, 11) is 1.83. The van der Waals surface area contributed by atoms with E-state index in [2.05, 4.69) is 4.98 Å². The fraction of sp³-hybridized carbons (Fsp3) is 0.556. The predicted molar refractivity (Wildman–Crippen MR) is 48.2 cm³/mol. The van der Waals surface area contributed by atoms with Crippen LogP contribution in [0.3, 0.4) is 0 Å². The number of rotatable bonds is 2. The van der Waals surface area contributed by atoms with Gasteiger partial charge in [0, 0.05) is 19.0 Å². The SMILES string of the molecule is Cn1cncc1C(=O)C1CC(N)C1. The van der Waals surface area contributed by atoms with E-state index in [1.807, 2.05) is 7.05 Å². The van der Waals surface area contributed by atoms with E-state index in [1.54, 1.807) is 17.1 Å². The van der Waals surface area contributed by atoms with Gasteiger partial charge in [0.1, 0.15) is 5.69 Å². The van der Waals surface area contributed by atoms with Crippen LogP contribution < -0.4 is 5.73 Å². The molecule has 1 saturated carbocycles. The van der Waals surface area contributed by atoms with Crippen LogP contribution in [0.1, 0.15) is 23.3 Å². The van der Waals surface area contributed by atoms with Crippen molar-refractivity contribution < 1.29 is 4.79 Å². The first kappa shape index (κ1) is 8.44. The zero-order chi connectivity index (χ0) is 9.42. The summed E-state index contributed by atoms with van der Waals surface area (Å²) in [6.07, 6.45) is 4.91. The number of aryl methyl sites for hydroxylation is 1. The third-order valence-electron chi connectivity index (χ3n) is 2.61. The normalized spacial score (nSPS) is 26.9. The van der Waals surface area contributed by atoms with Gasteiger partial charge in [-0.2, -0.15) is 0 Å². The fourth-order valence-electron chi connectivity index (χ4n) is 1.68. The molecule has 0 aromatic carbocycles. The molecule has 0 radical (unpaired) electrons. The molecule has 0 spiro atoms. The van der Waals surface area contributed by atoms with Crippen LogP contribution in [0, 0.1) is 5.92 Å². The minimum Gasteiger partial charge on any atom is -0.331 e. The van der Waals surface area contributed by atoms with Crippen LogP contribution in [-0.4, -0.2) is 21.4 Å². The Labute approximate surface area is 76.8 Å². The molecule has 70 valence electrons. The second kappa shape index (κ2) is 2.96. The van der Waals surface area contributed by atoms with Crippen molar-refractivity contribution in [3.05, 3.63) is 18.2 Å². The van der Waals surface area contributed by atoms with E-state index in [9.17, 15) is 4.79 Å². The summed E-state index contributed by atoms with van der Waals surface area (Å²) in [6, 6.07) is 0.224. The van der Waals surface area contributed by atoms with Gasteiger partial charge in [0.15, 0.2) is 5.78 Å². The molecule has 0 unspecified atom stereocenters. The molecule has 2 N–H and O–H groups in total. The van der Waals surface area contributed by atoms with Crippen LogP contribution in [0.15, 0.2) is 12.5 Å². The summed E-state index contributed by atoms with van der Waals surface area (Å²) >= 11 is 0. The number of nitrogens with two attached hydrogens (primary N) is 1. The molecule has 0 aliphatic heterocycles. The van der Waals surface area contributed by atoms with Gasteiger partial charge in [0.25, 0.3) is 0 Å². The molecule has 1 aliphatic carbocycles. The molecular formula is C9H13N3O. The Morgan fingerprint density at radius 2 is 2.38 bits per heavy atom. The molecule has 1 aromatic heterocycles. The second-order valence-corrected chi connectivity index (χ2v) is 3.68. The number of Topliss-reactive ketones (excluding diaryl/α,β-unsaturated/α-hetero) is 1. The lowest BCUT2D eigenvalue weighted by atomic mass is 9.77. The molecule has 1 aromatic rings. The van der Waals surface area contributed by atoms with Crippen LogP contribution in [-0.2, 0) is 7.05 Å². The van der Waals surface area contributed by atoms with Gasteiger partial charge in [0.2, 0.25) is 0 Å². The summed E-state index contributed by atoms with van der Waals surface area (Å²) in [5, 5.41) is 0. The molecule has 1 fully saturated rings. The molecule has 1 heterocycles. The Bertz CT molecular complexity index is 325. The Kier molecular flexibility index (Phi) is 1.92. The highest BCUT2D eigenvalue weighted by Crippen LogP contribution is 2.28. The van der Waals surface area contributed by atoms with E-state index in [-0.39, 0.29) is 17.7 Å². The number of carbonyl (C=O) groups is 1. The minimum atomic E-state index is 0.130. The molecule has 4 heteroatoms. The summed E-state index contributed by atoms with van der Waals surface area (Å²) in [5.41, 5.74) is 6.32. The zero-order valence-corrected chi connectivity index (χ0v) is 7.60. The largest absolute Gasteiger partial charge is 0.331 e. The topological polar surface area (TPSA) is 60.9 Å². The monoisotopic (exact) mass is 179 g/mol. The highest BCUT2D eigenvalue weighted by atomic mass is 16.1. The Hall–Kier alpha value is -1.16. The lowest BCUT2D eigenvalue weighted by Crippen LogP contribution is -2.40. The Balaban J connectivity index is 2.10. The summed E-state index contributed by atoms with van der Waals surface area (Å²) in [5.74, 6) is 0.312. The molecule has 13 heavy (non-hydrogen) atoms. The summed E-state index contributed by atoms with van der Waals surface area (Å²) < 4.78 is 1.76. The van der Waals surface area contributed by atoms with Crippen molar-refractivity contribution in [2.45, 2.75) is 18.9 Å². The first-order valence-corrected chi connectivity index (χ1v) is 4.44. The first-order chi connectivity index (χ1) is 6.18. The number of hydrogen-bond acceptors (Lipinski definition) is 3. The molecular weight excluding hydrogens is 166 g/mol. The van der Waals surface area contributed by atoms with Crippen LogP contribution in [0.25, 0.3) is 0 Å². The highest BCUT2D eigenvalue weighted by molar-refractivity contribution is 5.96. The van der Waals surface area contributed by atoms with E-state index in [0.29, 0.717) is 5.69 Å². The number of carbonyl (C=O) groups excluding carboxylic acids is 1. The van der Waals surface area contributed by atoms with Gasteiger partial charge < -0.3 is 10.3 Å². The third-order valence-corrected chi connectivity index (χ3v) is 2.61. The van der Waals surface area contributed by atoms with Gasteiger partial charge in [-0.1, -0.05) is 0 Å². The average molecular weight is 179 g/mol. The Morgan fingerprint density at radius 1 is 1.69 bits per heavy atom. The van der Waals surface area contributed by atoms with Gasteiger partial charge in [0.05, 0.1) is 12.5 Å². The molecule has 0 atom stereocenters. The summed E-state index contributed by atoms with van der Waals surface area (Å²) in [4.78, 5) is 15.7. The van der Waals surface area contributed by atoms with Crippen LogP contribution in [0.5, 0.6) is 0 Å². The van der Waals surface area contributed by atoms with Gasteiger partial charge in [-0.05, 0) is 12.8 Å². The number of nitrogens with zero attached hydrogens (tertiary/aromatic N) is 2. The lowest BCUT2D eigenvalue weighted by molar-refractivity contribution is 0.0824. The van der Waals surface area contributed by atoms with Gasteiger partial charge in [-0.3, -0.25) is 4.79 Å². The van der Waals surface area contributed by atoms with Crippen molar-refractivity contribution in [3.8, 4) is 0 Å². The van der Waals surface area contributed by atoms with E-state index < -0.39 is 0 Å². The van der Waals surface area contributed by atoms with E-state index in [4.69, 9.17) is 5.73 Å². The molecule has 2 rings (SSSR count). The second-order valence-electron chi connectivity index (χ2n) is 3.68. The first-order valence-electron chi connectivity index (χ1n) is 4.44. The quantitative estimate of drug-likeness (QED) is 0.666. The van der Waals surface area contributed by atoms with E-state index in [0.717, 1.165) is 12.8 Å². The molecule has 0 amide bonds. The third kappa shape index (κ3) is 1.37. The number of ketones is 1. The minimum absolute atomic E-state index is 0.130. The Morgan fingerprint density at radius 3 is 2.85 bits per heavy atom. The van der Waals surface area contributed by atoms with Crippen molar-refractivity contribution in [1.82, 2.24) is 9.55 Å². The van der Waals surface area contributed by atoms with Crippen LogP contribution >= 0.6 is 0 Å². The molecule has 1 aliphatic rings. The predicted octanol–water partition coefficient (Wildman–Crippen LogP) is 0.340. The van der Waals surface area contributed by atoms with Gasteiger partial charge in [-0.25, -0.2) is 4.98 Å². The van der Waals surface area contributed by atoms with Crippen molar-refractivity contribution >= 4 is 5.78 Å². The average Bonchev–Trinajstić information content (AvgIpc) is 2.44. The standard InChI is InChI=1S/C9H13N3O/c1-12-5-11-4-8(12)9(13)6-2-7(10)3-6/h4-7H,2-3,10H2,1H3. The summed E-state index contributed by atoms with van der Waals surface area (Å²) in [6.45, 7) is 0. The van der Waals surface area contributed by atoms with Gasteiger partial charge >= 0.3 is 0 Å². The number of aromatic nitrogens is 2. The molecule has 4 nitrogen and oxygen atoms in total. The van der Waals surface area contributed by atoms with Crippen molar-refractivity contribution in [3.63, 3.8) is 0 Å². The maximum absolute atomic E-state index is 11.7. The van der Waals surface area contributed by atoms with Crippen molar-refractivity contribution in [1.29, 1.82) is 0 Å². The van der Waals surface area contributed by atoms with E-state index >= 15 is 0 Å². The van der Waals surface area contributed by atoms with Gasteiger partial charge in [-0.15, -0.1) is 0 Å². The smallest absolute Gasteiger partial charge is 0.184 e. The highest BCUT2D eigenvalue weighted by Gasteiger charge is 2.33. The maximum Gasteiger partial charge on any atom is 0.184 e. The van der Waals surface area contributed by atoms with Crippen molar-refractivity contribution in [2.75, 3.05) is 0 Å². The number of hydrogen-bond donors (Lipinski definition) is 1. The number of imidazole rings is 1. The molecule has 0 saturated heterocycles. The lowest BCUT2D eigenvalue weighted by Gasteiger charge is -2.30. The van der Waals surface area contributed by atoms with Crippen LogP contribution in [0.2, 0.25) is 0 Å². The zero-order valence-electron chi connectivity index (χ0n) is 7.60. The van der Waals surface area contributed by atoms with E-state index in [1.165, 1.54) is 0 Å². The van der Waals surface area contributed by atoms with Crippen molar-refractivity contribution in [2.24, 2.45) is 18.7 Å².